The summed E-state index contributed by atoms with van der Waals surface area (Å²) in [6.07, 6.45) is 5.45. The molecule has 0 aromatic heterocycles. The third kappa shape index (κ3) is 4.25. The summed E-state index contributed by atoms with van der Waals surface area (Å²) < 4.78 is 5.11. The van der Waals surface area contributed by atoms with Gasteiger partial charge in [-0.2, -0.15) is 0 Å². The standard InChI is InChI=1S/C18H22ClNO3/c19-16-4-2-1-3-14(16)10-20-17(21)11-23-18(22)9-15-8-12-5-6-13(15)7-12/h1-4,12-13,15H,5-11H2,(H,20,21)/t12-,13+,15-/m0/s1. The van der Waals surface area contributed by atoms with Gasteiger partial charge in [0.25, 0.3) is 5.91 Å². The fourth-order valence-electron chi connectivity index (χ4n) is 3.93. The van der Waals surface area contributed by atoms with Crippen molar-refractivity contribution < 1.29 is 14.3 Å². The highest BCUT2D eigenvalue weighted by Crippen LogP contribution is 2.49. The number of esters is 1. The van der Waals surface area contributed by atoms with Crippen LogP contribution in [0.3, 0.4) is 0 Å². The lowest BCUT2D eigenvalue weighted by Crippen LogP contribution is -2.29. The van der Waals surface area contributed by atoms with E-state index in [4.69, 9.17) is 16.3 Å². The molecule has 2 fully saturated rings. The molecule has 124 valence electrons. The zero-order valence-corrected chi connectivity index (χ0v) is 13.8. The molecule has 2 saturated carbocycles. The Morgan fingerprint density at radius 3 is 2.74 bits per heavy atom. The number of benzene rings is 1. The van der Waals surface area contributed by atoms with Gasteiger partial charge in [-0.3, -0.25) is 9.59 Å². The Labute approximate surface area is 141 Å². The average Bonchev–Trinajstić information content (AvgIpc) is 3.15. The molecule has 5 heteroatoms. The second-order valence-corrected chi connectivity index (χ2v) is 7.08. The van der Waals surface area contributed by atoms with E-state index in [1.807, 2.05) is 18.2 Å². The molecule has 2 aliphatic carbocycles. The predicted molar refractivity (Wildman–Crippen MR) is 87.8 cm³/mol. The molecule has 23 heavy (non-hydrogen) atoms. The summed E-state index contributed by atoms with van der Waals surface area (Å²) in [5.74, 6) is 1.42. The molecule has 1 N–H and O–H groups in total. The van der Waals surface area contributed by atoms with E-state index in [-0.39, 0.29) is 18.5 Å². The summed E-state index contributed by atoms with van der Waals surface area (Å²) in [6, 6.07) is 7.33. The Hall–Kier alpha value is -1.55. The molecule has 2 aliphatic rings. The number of hydrogen-bond acceptors (Lipinski definition) is 3. The van der Waals surface area contributed by atoms with Crippen LogP contribution in [0.2, 0.25) is 5.02 Å². The van der Waals surface area contributed by atoms with E-state index in [0.29, 0.717) is 29.8 Å². The number of fused-ring (bicyclic) bond motifs is 2. The van der Waals surface area contributed by atoms with Gasteiger partial charge in [-0.1, -0.05) is 36.2 Å². The highest BCUT2D eigenvalue weighted by Gasteiger charge is 2.40. The molecular formula is C18H22ClNO3. The first kappa shape index (κ1) is 16.3. The molecule has 2 bridgehead atoms. The summed E-state index contributed by atoms with van der Waals surface area (Å²) in [7, 11) is 0. The van der Waals surface area contributed by atoms with Crippen LogP contribution in [0.1, 0.15) is 37.7 Å². The summed E-state index contributed by atoms with van der Waals surface area (Å²) >= 11 is 6.02. The Morgan fingerprint density at radius 1 is 1.22 bits per heavy atom. The van der Waals surface area contributed by atoms with Crippen LogP contribution in [0.5, 0.6) is 0 Å². The number of rotatable bonds is 6. The normalized spacial score (nSPS) is 25.3. The van der Waals surface area contributed by atoms with Crippen molar-refractivity contribution in [1.29, 1.82) is 0 Å². The van der Waals surface area contributed by atoms with Gasteiger partial charge >= 0.3 is 5.97 Å². The molecule has 0 unspecified atom stereocenters. The monoisotopic (exact) mass is 335 g/mol. The Bertz CT molecular complexity index is 589. The van der Waals surface area contributed by atoms with Gasteiger partial charge in [0.15, 0.2) is 6.61 Å². The molecule has 1 aromatic carbocycles. The fourth-order valence-corrected chi connectivity index (χ4v) is 4.13. The molecule has 1 aromatic rings. The first-order valence-corrected chi connectivity index (χ1v) is 8.65. The van der Waals surface area contributed by atoms with Crippen LogP contribution >= 0.6 is 11.6 Å². The predicted octanol–water partition coefficient (Wildman–Crippen LogP) is 3.33. The minimum absolute atomic E-state index is 0.218. The van der Waals surface area contributed by atoms with Crippen molar-refractivity contribution >= 4 is 23.5 Å². The zero-order chi connectivity index (χ0) is 16.2. The van der Waals surface area contributed by atoms with Gasteiger partial charge in [0.1, 0.15) is 0 Å². The minimum atomic E-state index is -0.300. The van der Waals surface area contributed by atoms with E-state index in [2.05, 4.69) is 5.32 Å². The Balaban J connectivity index is 1.35. The summed E-state index contributed by atoms with van der Waals surface area (Å²) in [4.78, 5) is 23.7. The van der Waals surface area contributed by atoms with Crippen LogP contribution in [-0.4, -0.2) is 18.5 Å². The van der Waals surface area contributed by atoms with Crippen molar-refractivity contribution in [3.05, 3.63) is 34.9 Å². The number of carbonyl (C=O) groups excluding carboxylic acids is 2. The number of hydrogen-bond donors (Lipinski definition) is 1. The number of nitrogens with one attached hydrogen (secondary N) is 1. The van der Waals surface area contributed by atoms with Crippen LogP contribution in [-0.2, 0) is 20.9 Å². The number of halogens is 1. The van der Waals surface area contributed by atoms with Crippen LogP contribution < -0.4 is 5.32 Å². The zero-order valence-electron chi connectivity index (χ0n) is 13.1. The molecule has 0 spiro atoms. The van der Waals surface area contributed by atoms with Gasteiger partial charge in [-0.05, 0) is 48.6 Å². The van der Waals surface area contributed by atoms with E-state index in [9.17, 15) is 9.59 Å². The topological polar surface area (TPSA) is 55.4 Å². The summed E-state index contributed by atoms with van der Waals surface area (Å²) in [5.41, 5.74) is 0.843. The molecule has 4 nitrogen and oxygen atoms in total. The first-order valence-electron chi connectivity index (χ1n) is 8.27. The van der Waals surface area contributed by atoms with Gasteiger partial charge < -0.3 is 10.1 Å². The lowest BCUT2D eigenvalue weighted by atomic mass is 9.86. The van der Waals surface area contributed by atoms with Crippen molar-refractivity contribution in [3.63, 3.8) is 0 Å². The van der Waals surface area contributed by atoms with E-state index in [1.165, 1.54) is 19.3 Å². The van der Waals surface area contributed by atoms with Gasteiger partial charge in [-0.15, -0.1) is 0 Å². The smallest absolute Gasteiger partial charge is 0.306 e. The van der Waals surface area contributed by atoms with Crippen molar-refractivity contribution in [1.82, 2.24) is 5.32 Å². The SMILES string of the molecule is O=C(COC(=O)C[C@@H]1C[C@H]2CC[C@@H]1C2)NCc1ccccc1Cl. The maximum absolute atomic E-state index is 11.9. The van der Waals surface area contributed by atoms with Crippen LogP contribution in [0, 0.1) is 17.8 Å². The molecule has 1 amide bonds. The maximum atomic E-state index is 11.9. The van der Waals surface area contributed by atoms with Crippen molar-refractivity contribution in [2.24, 2.45) is 17.8 Å². The second kappa shape index (κ2) is 7.35. The molecule has 0 saturated heterocycles. The number of carbonyl (C=O) groups is 2. The van der Waals surface area contributed by atoms with E-state index in [1.54, 1.807) is 6.07 Å². The minimum Gasteiger partial charge on any atom is -0.456 e. The van der Waals surface area contributed by atoms with E-state index < -0.39 is 0 Å². The number of amides is 1. The number of ether oxygens (including phenoxy) is 1. The molecule has 3 rings (SSSR count). The third-order valence-corrected chi connectivity index (χ3v) is 5.48. The van der Waals surface area contributed by atoms with Crippen LogP contribution in [0.4, 0.5) is 0 Å². The lowest BCUT2D eigenvalue weighted by Gasteiger charge is -2.20. The van der Waals surface area contributed by atoms with Crippen LogP contribution in [0.15, 0.2) is 24.3 Å². The molecule has 0 aliphatic heterocycles. The van der Waals surface area contributed by atoms with Crippen molar-refractivity contribution in [2.45, 2.75) is 38.6 Å². The van der Waals surface area contributed by atoms with E-state index in [0.717, 1.165) is 17.9 Å². The highest BCUT2D eigenvalue weighted by atomic mass is 35.5. The lowest BCUT2D eigenvalue weighted by molar-refractivity contribution is -0.149. The second-order valence-electron chi connectivity index (χ2n) is 6.67. The molecule has 3 atom stereocenters. The molecular weight excluding hydrogens is 314 g/mol. The van der Waals surface area contributed by atoms with Gasteiger partial charge in [0.05, 0.1) is 0 Å². The molecule has 0 radical (unpaired) electrons. The largest absolute Gasteiger partial charge is 0.456 e. The van der Waals surface area contributed by atoms with Crippen molar-refractivity contribution in [3.8, 4) is 0 Å². The Morgan fingerprint density at radius 2 is 2.04 bits per heavy atom. The van der Waals surface area contributed by atoms with Gasteiger partial charge in [-0.25, -0.2) is 0 Å². The Kier molecular flexibility index (Phi) is 5.21. The van der Waals surface area contributed by atoms with Gasteiger partial charge in [0.2, 0.25) is 0 Å². The summed E-state index contributed by atoms with van der Waals surface area (Å²) in [5, 5.41) is 3.33. The third-order valence-electron chi connectivity index (χ3n) is 5.11. The van der Waals surface area contributed by atoms with E-state index >= 15 is 0 Å². The first-order chi connectivity index (χ1) is 11.1. The maximum Gasteiger partial charge on any atom is 0.306 e. The average molecular weight is 336 g/mol. The van der Waals surface area contributed by atoms with Crippen LogP contribution in [0.25, 0.3) is 0 Å². The van der Waals surface area contributed by atoms with Crippen molar-refractivity contribution in [2.75, 3.05) is 6.61 Å². The highest BCUT2D eigenvalue weighted by molar-refractivity contribution is 6.31. The fraction of sp³-hybridized carbons (Fsp3) is 0.556. The molecule has 0 heterocycles. The summed E-state index contributed by atoms with van der Waals surface area (Å²) in [6.45, 7) is 0.118. The van der Waals surface area contributed by atoms with Gasteiger partial charge in [0, 0.05) is 18.0 Å². The quantitative estimate of drug-likeness (QED) is 0.811.